The Labute approximate surface area is 181 Å². The van der Waals surface area contributed by atoms with Gasteiger partial charge in [0.25, 0.3) is 11.7 Å². The van der Waals surface area contributed by atoms with Crippen LogP contribution in [0.25, 0.3) is 5.76 Å². The lowest BCUT2D eigenvalue weighted by Gasteiger charge is -2.30. The van der Waals surface area contributed by atoms with Crippen molar-refractivity contribution in [1.82, 2.24) is 4.90 Å². The van der Waals surface area contributed by atoms with Crippen LogP contribution in [-0.2, 0) is 9.59 Å². The van der Waals surface area contributed by atoms with E-state index in [0.29, 0.717) is 17.9 Å². The van der Waals surface area contributed by atoms with E-state index in [1.807, 2.05) is 25.3 Å². The average Bonchev–Trinajstić information content (AvgIpc) is 3.47. The van der Waals surface area contributed by atoms with Crippen molar-refractivity contribution >= 4 is 28.8 Å². The average molecular weight is 426 g/mol. The highest BCUT2D eigenvalue weighted by atomic mass is 32.1. The number of aryl methyl sites for hydroxylation is 1. The normalized spacial score (nSPS) is 21.5. The number of aliphatic hydroxyl groups excluding tert-OH is 1. The molecule has 1 saturated carbocycles. The minimum atomic E-state index is -0.594. The molecule has 0 radical (unpaired) electrons. The lowest BCUT2D eigenvalue weighted by Crippen LogP contribution is -2.37. The third kappa shape index (κ3) is 3.65. The van der Waals surface area contributed by atoms with Gasteiger partial charge in [0.05, 0.1) is 12.2 Å². The molecule has 1 amide bonds. The van der Waals surface area contributed by atoms with Gasteiger partial charge in [-0.2, -0.15) is 0 Å². The Hall–Kier alpha value is -2.60. The Bertz CT molecular complexity index is 969. The van der Waals surface area contributed by atoms with Gasteiger partial charge in [-0.25, -0.2) is 0 Å². The van der Waals surface area contributed by atoms with E-state index in [1.54, 1.807) is 29.2 Å². The van der Waals surface area contributed by atoms with E-state index in [-0.39, 0.29) is 17.4 Å². The Morgan fingerprint density at radius 3 is 2.47 bits per heavy atom. The molecule has 1 aliphatic carbocycles. The van der Waals surface area contributed by atoms with Crippen LogP contribution in [-0.4, -0.2) is 34.3 Å². The number of rotatable bonds is 6. The molecule has 30 heavy (non-hydrogen) atoms. The number of nitrogens with zero attached hydrogens (tertiary/aromatic N) is 1. The fourth-order valence-corrected chi connectivity index (χ4v) is 5.45. The van der Waals surface area contributed by atoms with E-state index in [1.165, 1.54) is 11.3 Å². The molecule has 1 saturated heterocycles. The third-order valence-corrected chi connectivity index (χ3v) is 7.02. The molecule has 4 rings (SSSR count). The first-order valence-corrected chi connectivity index (χ1v) is 11.5. The number of carbonyl (C=O) groups is 2. The molecule has 158 valence electrons. The van der Waals surface area contributed by atoms with Crippen molar-refractivity contribution in [3.8, 4) is 5.75 Å². The number of hydrogen-bond donors (Lipinski definition) is 1. The summed E-state index contributed by atoms with van der Waals surface area (Å²) in [5, 5.41) is 13.1. The Kier molecular flexibility index (Phi) is 5.95. The summed E-state index contributed by atoms with van der Waals surface area (Å²) in [5.74, 6) is -0.494. The van der Waals surface area contributed by atoms with E-state index in [0.717, 1.165) is 42.5 Å². The van der Waals surface area contributed by atoms with Gasteiger partial charge >= 0.3 is 0 Å². The van der Waals surface area contributed by atoms with Crippen molar-refractivity contribution in [3.05, 3.63) is 57.3 Å². The van der Waals surface area contributed by atoms with E-state index >= 15 is 0 Å². The third-order valence-electron chi connectivity index (χ3n) is 5.95. The molecule has 2 aliphatic rings. The summed E-state index contributed by atoms with van der Waals surface area (Å²) in [6.45, 7) is 4.64. The highest BCUT2D eigenvalue weighted by Gasteiger charge is 2.50. The molecule has 0 spiro atoms. The first-order chi connectivity index (χ1) is 14.5. The molecule has 1 unspecified atom stereocenters. The number of thiophene rings is 1. The fourth-order valence-electron chi connectivity index (χ4n) is 4.42. The predicted molar refractivity (Wildman–Crippen MR) is 118 cm³/mol. The highest BCUT2D eigenvalue weighted by molar-refractivity contribution is 7.10. The van der Waals surface area contributed by atoms with Gasteiger partial charge in [0, 0.05) is 16.5 Å². The van der Waals surface area contributed by atoms with Crippen LogP contribution in [0.1, 0.15) is 61.1 Å². The second kappa shape index (κ2) is 8.64. The van der Waals surface area contributed by atoms with Crippen molar-refractivity contribution < 1.29 is 19.4 Å². The summed E-state index contributed by atoms with van der Waals surface area (Å²) in [5.41, 5.74) is 1.74. The molecule has 1 aromatic carbocycles. The summed E-state index contributed by atoms with van der Waals surface area (Å²) in [6, 6.07) is 8.55. The number of benzene rings is 1. The molecule has 5 nitrogen and oxygen atoms in total. The van der Waals surface area contributed by atoms with Crippen molar-refractivity contribution in [1.29, 1.82) is 0 Å². The number of Topliss-reactive ketones (excluding diaryl/α,β-unsaturated/α-hetero) is 1. The number of aliphatic hydroxyl groups is 1. The van der Waals surface area contributed by atoms with Gasteiger partial charge < -0.3 is 14.7 Å². The zero-order valence-corrected chi connectivity index (χ0v) is 18.2. The van der Waals surface area contributed by atoms with Gasteiger partial charge in [0.2, 0.25) is 0 Å². The van der Waals surface area contributed by atoms with Gasteiger partial charge in [-0.05, 0) is 67.5 Å². The van der Waals surface area contributed by atoms with Crippen molar-refractivity contribution in [3.63, 3.8) is 0 Å². The molecule has 1 atom stereocenters. The van der Waals surface area contributed by atoms with Gasteiger partial charge in [0.15, 0.2) is 0 Å². The van der Waals surface area contributed by atoms with Crippen LogP contribution in [0.3, 0.4) is 0 Å². The lowest BCUT2D eigenvalue weighted by atomic mass is 9.97. The van der Waals surface area contributed by atoms with Crippen LogP contribution >= 0.6 is 11.3 Å². The molecule has 6 heteroatoms. The van der Waals surface area contributed by atoms with Crippen molar-refractivity contribution in [2.24, 2.45) is 0 Å². The summed E-state index contributed by atoms with van der Waals surface area (Å²) in [6.07, 6.45) is 4.83. The van der Waals surface area contributed by atoms with Crippen LogP contribution in [0, 0.1) is 6.92 Å². The number of ketones is 1. The second-order valence-corrected chi connectivity index (χ2v) is 8.93. The van der Waals surface area contributed by atoms with Crippen LogP contribution < -0.4 is 4.74 Å². The fraction of sp³-hybridized carbons (Fsp3) is 0.417. The van der Waals surface area contributed by atoms with Crippen LogP contribution in [0.2, 0.25) is 0 Å². The molecular formula is C24H27NO4S. The van der Waals surface area contributed by atoms with E-state index in [9.17, 15) is 14.7 Å². The van der Waals surface area contributed by atoms with Crippen LogP contribution in [0.4, 0.5) is 0 Å². The van der Waals surface area contributed by atoms with E-state index in [2.05, 4.69) is 0 Å². The van der Waals surface area contributed by atoms with Gasteiger partial charge in [-0.3, -0.25) is 9.59 Å². The van der Waals surface area contributed by atoms with Gasteiger partial charge in [-0.15, -0.1) is 11.3 Å². The maximum atomic E-state index is 13.1. The molecule has 1 aromatic heterocycles. The zero-order chi connectivity index (χ0) is 21.3. The van der Waals surface area contributed by atoms with E-state index in [4.69, 9.17) is 4.74 Å². The largest absolute Gasteiger partial charge is 0.507 e. The lowest BCUT2D eigenvalue weighted by molar-refractivity contribution is -0.141. The van der Waals surface area contributed by atoms with Crippen molar-refractivity contribution in [2.75, 3.05) is 6.61 Å². The molecule has 1 N–H and O–H groups in total. The molecule has 2 heterocycles. The summed E-state index contributed by atoms with van der Waals surface area (Å²) < 4.78 is 5.61. The quantitative estimate of drug-likeness (QED) is 0.392. The number of hydrogen-bond acceptors (Lipinski definition) is 5. The maximum Gasteiger partial charge on any atom is 0.295 e. The molecule has 0 bridgehead atoms. The number of likely N-dealkylation sites (tertiary alicyclic amines) is 1. The summed E-state index contributed by atoms with van der Waals surface area (Å²) >= 11 is 1.53. The minimum Gasteiger partial charge on any atom is -0.507 e. The summed E-state index contributed by atoms with van der Waals surface area (Å²) in [4.78, 5) is 28.8. The monoisotopic (exact) mass is 425 g/mol. The van der Waals surface area contributed by atoms with Crippen LogP contribution in [0.15, 0.2) is 41.3 Å². The first-order valence-electron chi connectivity index (χ1n) is 10.6. The predicted octanol–water partition coefficient (Wildman–Crippen LogP) is 5.21. The number of amides is 1. The molecule has 1 aliphatic heterocycles. The van der Waals surface area contributed by atoms with Crippen molar-refractivity contribution in [2.45, 2.75) is 58.0 Å². The Balaban J connectivity index is 1.78. The Morgan fingerprint density at radius 2 is 1.87 bits per heavy atom. The van der Waals surface area contributed by atoms with Gasteiger partial charge in [0.1, 0.15) is 17.6 Å². The number of ether oxygens (including phenoxy) is 1. The molecule has 2 fully saturated rings. The standard InChI is InChI=1S/C24H27NO4S/c1-3-13-29-18-10-8-16(9-11-18)21(26)19-20(23-15(2)12-14-30-23)25(24(28)22(19)27)17-6-4-5-7-17/h8-12,14,17,20,26H,3-7,13H2,1-2H3/b21-19-. The van der Waals surface area contributed by atoms with Crippen LogP contribution in [0.5, 0.6) is 5.75 Å². The zero-order valence-electron chi connectivity index (χ0n) is 17.4. The second-order valence-electron chi connectivity index (χ2n) is 7.99. The minimum absolute atomic E-state index is 0.0445. The Morgan fingerprint density at radius 1 is 1.17 bits per heavy atom. The topological polar surface area (TPSA) is 66.8 Å². The first kappa shape index (κ1) is 20.7. The van der Waals surface area contributed by atoms with E-state index < -0.39 is 17.7 Å². The van der Waals surface area contributed by atoms with Gasteiger partial charge in [-0.1, -0.05) is 19.8 Å². The smallest absolute Gasteiger partial charge is 0.295 e. The molecule has 2 aromatic rings. The maximum absolute atomic E-state index is 13.1. The number of carbonyl (C=O) groups excluding carboxylic acids is 2. The SMILES string of the molecule is CCCOc1ccc(/C(O)=C2/C(=O)C(=O)N(C3CCCC3)C2c2sccc2C)cc1. The highest BCUT2D eigenvalue weighted by Crippen LogP contribution is 2.45. The summed E-state index contributed by atoms with van der Waals surface area (Å²) in [7, 11) is 0. The molecular weight excluding hydrogens is 398 g/mol.